The first-order chi connectivity index (χ1) is 13.5. The van der Waals surface area contributed by atoms with Crippen molar-refractivity contribution in [2.24, 2.45) is 0 Å². The number of ether oxygens (including phenoxy) is 1. The number of rotatable bonds is 7. The highest BCUT2D eigenvalue weighted by Crippen LogP contribution is 2.28. The average molecular weight is 391 g/mol. The Morgan fingerprint density at radius 3 is 2.75 bits per heavy atom. The van der Waals surface area contributed by atoms with Crippen molar-refractivity contribution in [1.29, 1.82) is 0 Å². The Labute approximate surface area is 164 Å². The van der Waals surface area contributed by atoms with E-state index in [2.05, 4.69) is 25.7 Å². The smallest absolute Gasteiger partial charge is 0.317 e. The molecular formula is C18H29N7O3. The quantitative estimate of drug-likeness (QED) is 0.769. The SMILES string of the molecule is COCCn1cnnc1[C@@H](C)NC(=O)N1CCC(c2nc(C(C)C)no2)CC1. The average Bonchev–Trinajstić information content (AvgIpc) is 3.36. The normalized spacial score (nSPS) is 16.5. The van der Waals surface area contributed by atoms with Crippen LogP contribution in [-0.2, 0) is 11.3 Å². The molecule has 0 unspecified atom stereocenters. The highest BCUT2D eigenvalue weighted by molar-refractivity contribution is 5.74. The summed E-state index contributed by atoms with van der Waals surface area (Å²) in [5.41, 5.74) is 0. The van der Waals surface area contributed by atoms with E-state index in [-0.39, 0.29) is 23.9 Å². The molecule has 1 aliphatic rings. The molecule has 1 saturated heterocycles. The van der Waals surface area contributed by atoms with Gasteiger partial charge < -0.3 is 24.0 Å². The van der Waals surface area contributed by atoms with E-state index in [4.69, 9.17) is 9.26 Å². The topological polar surface area (TPSA) is 111 Å². The van der Waals surface area contributed by atoms with Crippen LogP contribution in [0.3, 0.4) is 0 Å². The predicted octanol–water partition coefficient (Wildman–Crippen LogP) is 2.08. The molecule has 3 rings (SSSR count). The summed E-state index contributed by atoms with van der Waals surface area (Å²) in [5, 5.41) is 15.1. The van der Waals surface area contributed by atoms with Gasteiger partial charge in [-0.15, -0.1) is 10.2 Å². The van der Waals surface area contributed by atoms with E-state index < -0.39 is 0 Å². The van der Waals surface area contributed by atoms with Gasteiger partial charge in [-0.2, -0.15) is 4.98 Å². The first kappa shape index (κ1) is 20.2. The Hall–Kier alpha value is -2.49. The molecule has 0 aromatic carbocycles. The lowest BCUT2D eigenvalue weighted by Gasteiger charge is -2.31. The van der Waals surface area contributed by atoms with Gasteiger partial charge >= 0.3 is 6.03 Å². The molecule has 1 fully saturated rings. The molecule has 1 aliphatic heterocycles. The molecule has 2 aromatic heterocycles. The van der Waals surface area contributed by atoms with Gasteiger partial charge in [-0.1, -0.05) is 19.0 Å². The maximum atomic E-state index is 12.6. The summed E-state index contributed by atoms with van der Waals surface area (Å²) in [6.07, 6.45) is 3.27. The molecule has 28 heavy (non-hydrogen) atoms. The first-order valence-electron chi connectivity index (χ1n) is 9.75. The minimum atomic E-state index is -0.242. The van der Waals surface area contributed by atoms with Crippen molar-refractivity contribution in [3.8, 4) is 0 Å². The number of carbonyl (C=O) groups is 1. The van der Waals surface area contributed by atoms with Gasteiger partial charge in [0.1, 0.15) is 6.33 Å². The Kier molecular flexibility index (Phi) is 6.61. The third kappa shape index (κ3) is 4.67. The number of likely N-dealkylation sites (tertiary alicyclic amines) is 1. The lowest BCUT2D eigenvalue weighted by Crippen LogP contribution is -2.45. The molecule has 0 bridgehead atoms. The molecular weight excluding hydrogens is 362 g/mol. The van der Waals surface area contributed by atoms with E-state index in [0.29, 0.717) is 38.0 Å². The number of carbonyl (C=O) groups excluding carboxylic acids is 1. The lowest BCUT2D eigenvalue weighted by molar-refractivity contribution is 0.171. The van der Waals surface area contributed by atoms with Gasteiger partial charge in [0.05, 0.1) is 12.6 Å². The van der Waals surface area contributed by atoms with Crippen molar-refractivity contribution in [2.45, 2.75) is 58.0 Å². The summed E-state index contributed by atoms with van der Waals surface area (Å²) in [6.45, 7) is 8.50. The molecule has 1 N–H and O–H groups in total. The van der Waals surface area contributed by atoms with Crippen molar-refractivity contribution in [1.82, 2.24) is 35.1 Å². The van der Waals surface area contributed by atoms with Gasteiger partial charge in [0.25, 0.3) is 0 Å². The van der Waals surface area contributed by atoms with Crippen LogP contribution in [0.4, 0.5) is 4.79 Å². The molecule has 0 aliphatic carbocycles. The van der Waals surface area contributed by atoms with Crippen molar-refractivity contribution in [3.63, 3.8) is 0 Å². The zero-order valence-electron chi connectivity index (χ0n) is 17.0. The zero-order chi connectivity index (χ0) is 20.1. The maximum absolute atomic E-state index is 12.6. The number of methoxy groups -OCH3 is 1. The van der Waals surface area contributed by atoms with Gasteiger partial charge in [0.15, 0.2) is 11.6 Å². The Morgan fingerprint density at radius 1 is 1.36 bits per heavy atom. The summed E-state index contributed by atoms with van der Waals surface area (Å²) in [6, 6.07) is -0.338. The number of nitrogens with zero attached hydrogens (tertiary/aromatic N) is 6. The number of aromatic nitrogens is 5. The molecule has 0 saturated carbocycles. The van der Waals surface area contributed by atoms with E-state index in [0.717, 1.165) is 18.7 Å². The second kappa shape index (κ2) is 9.13. The number of urea groups is 1. The van der Waals surface area contributed by atoms with Crippen molar-refractivity contribution in [3.05, 3.63) is 23.9 Å². The van der Waals surface area contributed by atoms with Gasteiger partial charge in [-0.3, -0.25) is 0 Å². The number of piperidine rings is 1. The third-order valence-corrected chi connectivity index (χ3v) is 5.01. The second-order valence-corrected chi connectivity index (χ2v) is 7.45. The fourth-order valence-electron chi connectivity index (χ4n) is 3.28. The fraction of sp³-hybridized carbons (Fsp3) is 0.722. The Morgan fingerprint density at radius 2 is 2.11 bits per heavy atom. The van der Waals surface area contributed by atoms with E-state index in [9.17, 15) is 4.79 Å². The van der Waals surface area contributed by atoms with Gasteiger partial charge in [-0.25, -0.2) is 4.79 Å². The highest BCUT2D eigenvalue weighted by atomic mass is 16.5. The largest absolute Gasteiger partial charge is 0.383 e. The van der Waals surface area contributed by atoms with Crippen molar-refractivity contribution in [2.75, 3.05) is 26.8 Å². The van der Waals surface area contributed by atoms with Crippen LogP contribution in [0.25, 0.3) is 0 Å². The third-order valence-electron chi connectivity index (χ3n) is 5.01. The second-order valence-electron chi connectivity index (χ2n) is 7.45. The molecule has 1 atom stereocenters. The van der Waals surface area contributed by atoms with Crippen LogP contribution in [0.5, 0.6) is 0 Å². The fourth-order valence-corrected chi connectivity index (χ4v) is 3.28. The molecule has 154 valence electrons. The molecule has 2 aromatic rings. The standard InChI is InChI=1S/C18H29N7O3/c1-12(2)15-21-17(28-23-15)14-5-7-24(8-6-14)18(26)20-13(3)16-22-19-11-25(16)9-10-27-4/h11-14H,5-10H2,1-4H3,(H,20,26)/t13-/m1/s1. The van der Waals surface area contributed by atoms with E-state index in [1.165, 1.54) is 0 Å². The van der Waals surface area contributed by atoms with Gasteiger partial charge in [-0.05, 0) is 19.8 Å². The summed E-state index contributed by atoms with van der Waals surface area (Å²) < 4.78 is 12.4. The van der Waals surface area contributed by atoms with Crippen LogP contribution in [0.15, 0.2) is 10.9 Å². The van der Waals surface area contributed by atoms with Gasteiger partial charge in [0.2, 0.25) is 5.89 Å². The maximum Gasteiger partial charge on any atom is 0.317 e. The minimum Gasteiger partial charge on any atom is -0.383 e. The molecule has 3 heterocycles. The molecule has 2 amide bonds. The first-order valence-corrected chi connectivity index (χ1v) is 9.75. The number of hydrogen-bond donors (Lipinski definition) is 1. The monoisotopic (exact) mass is 391 g/mol. The van der Waals surface area contributed by atoms with Crippen LogP contribution >= 0.6 is 0 Å². The van der Waals surface area contributed by atoms with E-state index in [1.807, 2.05) is 30.2 Å². The summed E-state index contributed by atoms with van der Waals surface area (Å²) in [4.78, 5) is 19.0. The molecule has 0 spiro atoms. The number of nitrogens with one attached hydrogen (secondary N) is 1. The number of amides is 2. The van der Waals surface area contributed by atoms with Crippen LogP contribution in [-0.4, -0.2) is 62.6 Å². The number of hydrogen-bond acceptors (Lipinski definition) is 7. The van der Waals surface area contributed by atoms with E-state index in [1.54, 1.807) is 13.4 Å². The molecule has 10 nitrogen and oxygen atoms in total. The van der Waals surface area contributed by atoms with Crippen molar-refractivity contribution < 1.29 is 14.1 Å². The van der Waals surface area contributed by atoms with Crippen LogP contribution in [0.2, 0.25) is 0 Å². The van der Waals surface area contributed by atoms with Gasteiger partial charge in [0, 0.05) is 38.6 Å². The predicted molar refractivity (Wildman–Crippen MR) is 101 cm³/mol. The van der Waals surface area contributed by atoms with Crippen molar-refractivity contribution >= 4 is 6.03 Å². The molecule has 0 radical (unpaired) electrons. The Bertz CT molecular complexity index is 765. The van der Waals surface area contributed by atoms with Crippen LogP contribution in [0, 0.1) is 0 Å². The van der Waals surface area contributed by atoms with Crippen LogP contribution < -0.4 is 5.32 Å². The minimum absolute atomic E-state index is 0.0966. The lowest BCUT2D eigenvalue weighted by atomic mass is 9.97. The summed E-state index contributed by atoms with van der Waals surface area (Å²) in [5.74, 6) is 2.59. The summed E-state index contributed by atoms with van der Waals surface area (Å²) in [7, 11) is 1.65. The van der Waals surface area contributed by atoms with Crippen LogP contribution in [0.1, 0.15) is 69.0 Å². The molecule has 10 heteroatoms. The zero-order valence-corrected chi connectivity index (χ0v) is 17.0. The highest BCUT2D eigenvalue weighted by Gasteiger charge is 2.29. The Balaban J connectivity index is 1.51. The van der Waals surface area contributed by atoms with E-state index >= 15 is 0 Å². The summed E-state index contributed by atoms with van der Waals surface area (Å²) >= 11 is 0.